The van der Waals surface area contributed by atoms with Crippen molar-refractivity contribution in [3.05, 3.63) is 59.7 Å². The van der Waals surface area contributed by atoms with E-state index in [2.05, 4.69) is 22.7 Å². The second-order valence-electron chi connectivity index (χ2n) is 4.42. The van der Waals surface area contributed by atoms with E-state index in [4.69, 9.17) is 15.2 Å². The summed E-state index contributed by atoms with van der Waals surface area (Å²) in [5, 5.41) is 3.92. The highest BCUT2D eigenvalue weighted by Crippen LogP contribution is 2.16. The van der Waals surface area contributed by atoms with Crippen molar-refractivity contribution >= 4 is 29.5 Å². The van der Waals surface area contributed by atoms with Gasteiger partial charge in [0.25, 0.3) is 0 Å². The fourth-order valence-corrected chi connectivity index (χ4v) is 1.74. The number of hydrogen-bond acceptors (Lipinski definition) is 5. The first-order chi connectivity index (χ1) is 11.1. The molecule has 0 saturated heterocycles. The number of esters is 1. The van der Waals surface area contributed by atoms with Gasteiger partial charge in [-0.05, 0) is 66.3 Å². The van der Waals surface area contributed by atoms with Gasteiger partial charge < -0.3 is 15.2 Å². The zero-order chi connectivity index (χ0) is 16.7. The van der Waals surface area contributed by atoms with E-state index in [1.165, 1.54) is 0 Å². The van der Waals surface area contributed by atoms with Crippen LogP contribution in [0.3, 0.4) is 0 Å². The van der Waals surface area contributed by atoms with Crippen LogP contribution >= 0.6 is 12.2 Å². The summed E-state index contributed by atoms with van der Waals surface area (Å²) in [4.78, 5) is 12.0. The van der Waals surface area contributed by atoms with Crippen molar-refractivity contribution in [1.82, 2.24) is 5.43 Å². The van der Waals surface area contributed by atoms with E-state index >= 15 is 0 Å². The Kier molecular flexibility index (Phi) is 5.65. The van der Waals surface area contributed by atoms with Crippen LogP contribution in [0.2, 0.25) is 0 Å². The van der Waals surface area contributed by atoms with Crippen molar-refractivity contribution in [2.45, 2.75) is 0 Å². The van der Waals surface area contributed by atoms with Crippen molar-refractivity contribution in [3.63, 3.8) is 0 Å². The maximum absolute atomic E-state index is 12.0. The van der Waals surface area contributed by atoms with Gasteiger partial charge in [-0.3, -0.25) is 5.43 Å². The summed E-state index contributed by atoms with van der Waals surface area (Å²) in [7, 11) is 1.56. The molecular weight excluding hydrogens is 314 g/mol. The largest absolute Gasteiger partial charge is 0.497 e. The number of nitrogens with one attached hydrogen (secondary N) is 1. The summed E-state index contributed by atoms with van der Waals surface area (Å²) in [5.41, 5.74) is 8.95. The number of hydrazone groups is 1. The lowest BCUT2D eigenvalue weighted by Crippen LogP contribution is -2.23. The lowest BCUT2D eigenvalue weighted by atomic mass is 10.2. The first-order valence-corrected chi connectivity index (χ1v) is 7.04. The number of ether oxygens (including phenoxy) is 2. The minimum absolute atomic E-state index is 0.0892. The number of thiocarbonyl (C=S) groups is 1. The van der Waals surface area contributed by atoms with Gasteiger partial charge in [0, 0.05) is 0 Å². The average molecular weight is 329 g/mol. The highest BCUT2D eigenvalue weighted by Gasteiger charge is 2.08. The normalized spacial score (nSPS) is 10.3. The number of methoxy groups -OCH3 is 1. The summed E-state index contributed by atoms with van der Waals surface area (Å²) in [6, 6.07) is 13.5. The summed E-state index contributed by atoms with van der Waals surface area (Å²) < 4.78 is 10.3. The molecule has 0 aromatic heterocycles. The van der Waals surface area contributed by atoms with Gasteiger partial charge in [0.15, 0.2) is 5.11 Å². The number of nitrogens with two attached hydrogens (primary N) is 1. The third-order valence-corrected chi connectivity index (χ3v) is 2.90. The molecule has 2 rings (SSSR count). The Hall–Kier alpha value is -2.93. The standard InChI is InChI=1S/C16H15N3O3S/c1-21-13-8-4-12(5-9-13)15(20)22-14-6-2-11(3-7-14)10-18-19-16(17)23/h2-10H,1H3,(H3,17,19,23). The fourth-order valence-electron chi connectivity index (χ4n) is 1.69. The van der Waals surface area contributed by atoms with Gasteiger partial charge in [-0.25, -0.2) is 4.79 Å². The Morgan fingerprint density at radius 1 is 1.13 bits per heavy atom. The van der Waals surface area contributed by atoms with E-state index in [1.807, 2.05) is 0 Å². The highest BCUT2D eigenvalue weighted by molar-refractivity contribution is 7.80. The molecule has 0 bridgehead atoms. The van der Waals surface area contributed by atoms with Gasteiger partial charge in [0.05, 0.1) is 18.9 Å². The number of carbonyl (C=O) groups excluding carboxylic acids is 1. The Morgan fingerprint density at radius 2 is 1.74 bits per heavy atom. The van der Waals surface area contributed by atoms with Crippen molar-refractivity contribution in [2.24, 2.45) is 10.8 Å². The molecule has 0 unspecified atom stereocenters. The van der Waals surface area contributed by atoms with Crippen LogP contribution < -0.4 is 20.6 Å². The maximum Gasteiger partial charge on any atom is 0.343 e. The predicted molar refractivity (Wildman–Crippen MR) is 91.9 cm³/mol. The third kappa shape index (κ3) is 5.08. The smallest absolute Gasteiger partial charge is 0.343 e. The van der Waals surface area contributed by atoms with E-state index in [-0.39, 0.29) is 5.11 Å². The predicted octanol–water partition coefficient (Wildman–Crippen LogP) is 2.08. The average Bonchev–Trinajstić information content (AvgIpc) is 2.56. The minimum atomic E-state index is -0.441. The molecule has 2 aromatic rings. The van der Waals surface area contributed by atoms with E-state index in [0.717, 1.165) is 5.56 Å². The summed E-state index contributed by atoms with van der Waals surface area (Å²) in [6.45, 7) is 0. The van der Waals surface area contributed by atoms with Gasteiger partial charge in [0.1, 0.15) is 11.5 Å². The second kappa shape index (κ2) is 7.90. The molecule has 23 heavy (non-hydrogen) atoms. The fraction of sp³-hybridized carbons (Fsp3) is 0.0625. The first-order valence-electron chi connectivity index (χ1n) is 6.63. The van der Waals surface area contributed by atoms with Crippen molar-refractivity contribution in [3.8, 4) is 11.5 Å². The molecular formula is C16H15N3O3S. The number of benzene rings is 2. The lowest BCUT2D eigenvalue weighted by Gasteiger charge is -2.05. The Labute approximate surface area is 138 Å². The molecule has 0 heterocycles. The van der Waals surface area contributed by atoms with Crippen molar-refractivity contribution in [2.75, 3.05) is 7.11 Å². The van der Waals surface area contributed by atoms with Crippen LogP contribution in [0, 0.1) is 0 Å². The topological polar surface area (TPSA) is 85.9 Å². The molecule has 0 aliphatic rings. The van der Waals surface area contributed by atoms with Crippen LogP contribution in [0.25, 0.3) is 0 Å². The minimum Gasteiger partial charge on any atom is -0.497 e. The van der Waals surface area contributed by atoms with Crippen LogP contribution in [0.15, 0.2) is 53.6 Å². The van der Waals surface area contributed by atoms with Crippen LogP contribution in [-0.2, 0) is 0 Å². The molecule has 3 N–H and O–H groups in total. The zero-order valence-corrected chi connectivity index (χ0v) is 13.2. The molecule has 0 atom stereocenters. The third-order valence-electron chi connectivity index (χ3n) is 2.80. The second-order valence-corrected chi connectivity index (χ2v) is 4.86. The quantitative estimate of drug-likeness (QED) is 0.287. The van der Waals surface area contributed by atoms with E-state index in [1.54, 1.807) is 61.9 Å². The van der Waals surface area contributed by atoms with Crippen LogP contribution in [0.4, 0.5) is 0 Å². The van der Waals surface area contributed by atoms with Crippen molar-refractivity contribution < 1.29 is 14.3 Å². The molecule has 0 radical (unpaired) electrons. The molecule has 0 fully saturated rings. The van der Waals surface area contributed by atoms with Crippen LogP contribution in [0.1, 0.15) is 15.9 Å². The first kappa shape index (κ1) is 16.4. The van der Waals surface area contributed by atoms with Crippen molar-refractivity contribution in [1.29, 1.82) is 0 Å². The van der Waals surface area contributed by atoms with Gasteiger partial charge in [-0.2, -0.15) is 5.10 Å². The number of rotatable bonds is 5. The summed E-state index contributed by atoms with van der Waals surface area (Å²) in [6.07, 6.45) is 1.55. The molecule has 2 aromatic carbocycles. The number of hydrogen-bond donors (Lipinski definition) is 2. The van der Waals surface area contributed by atoms with Crippen LogP contribution in [-0.4, -0.2) is 24.4 Å². The Morgan fingerprint density at radius 3 is 2.30 bits per heavy atom. The zero-order valence-electron chi connectivity index (χ0n) is 12.4. The monoisotopic (exact) mass is 329 g/mol. The molecule has 0 aliphatic carbocycles. The summed E-state index contributed by atoms with van der Waals surface area (Å²) in [5.74, 6) is 0.672. The van der Waals surface area contributed by atoms with Crippen LogP contribution in [0.5, 0.6) is 11.5 Å². The van der Waals surface area contributed by atoms with E-state index in [9.17, 15) is 4.79 Å². The molecule has 0 amide bonds. The van der Waals surface area contributed by atoms with E-state index < -0.39 is 5.97 Å². The number of nitrogens with zero attached hydrogens (tertiary/aromatic N) is 1. The lowest BCUT2D eigenvalue weighted by molar-refractivity contribution is 0.0734. The van der Waals surface area contributed by atoms with Gasteiger partial charge in [-0.1, -0.05) is 0 Å². The highest BCUT2D eigenvalue weighted by atomic mass is 32.1. The number of carbonyl (C=O) groups is 1. The molecule has 0 aliphatic heterocycles. The summed E-state index contributed by atoms with van der Waals surface area (Å²) >= 11 is 4.63. The molecule has 7 heteroatoms. The van der Waals surface area contributed by atoms with Gasteiger partial charge >= 0.3 is 5.97 Å². The van der Waals surface area contributed by atoms with E-state index in [0.29, 0.717) is 17.1 Å². The Balaban J connectivity index is 1.98. The molecule has 118 valence electrons. The Bertz CT molecular complexity index is 712. The SMILES string of the molecule is COc1ccc(C(=O)Oc2ccc(C=NNC(N)=S)cc2)cc1. The van der Waals surface area contributed by atoms with Gasteiger partial charge in [-0.15, -0.1) is 0 Å². The maximum atomic E-state index is 12.0. The molecule has 0 saturated carbocycles. The van der Waals surface area contributed by atoms with Gasteiger partial charge in [0.2, 0.25) is 0 Å². The molecule has 0 spiro atoms. The molecule has 6 nitrogen and oxygen atoms in total.